The number of hydrogen-bond donors (Lipinski definition) is 2. The van der Waals surface area contributed by atoms with Crippen molar-refractivity contribution in [2.45, 2.75) is 46.1 Å². The van der Waals surface area contributed by atoms with Crippen LogP contribution in [0.5, 0.6) is 0 Å². The summed E-state index contributed by atoms with van der Waals surface area (Å²) in [6, 6.07) is 1.43. The van der Waals surface area contributed by atoms with Gasteiger partial charge < -0.3 is 19.7 Å². The summed E-state index contributed by atoms with van der Waals surface area (Å²) in [5.74, 6) is -0.176. The maximum atomic E-state index is 12.4. The highest BCUT2D eigenvalue weighted by molar-refractivity contribution is 5.94. The molecule has 24 heavy (non-hydrogen) atoms. The fourth-order valence-corrected chi connectivity index (χ4v) is 3.13. The number of carbonyl (C=O) groups excluding carboxylic acids is 2. The SMILES string of the molecule is CC(C)(C)CC(CO)NC(=O)C1CCN(C(=O)c2ccoc2)CC1. The summed E-state index contributed by atoms with van der Waals surface area (Å²) in [4.78, 5) is 26.4. The van der Waals surface area contributed by atoms with Gasteiger partial charge in [-0.1, -0.05) is 20.8 Å². The number of aliphatic hydroxyl groups excluding tert-OH is 1. The van der Waals surface area contributed by atoms with Crippen molar-refractivity contribution in [3.8, 4) is 0 Å². The predicted molar refractivity (Wildman–Crippen MR) is 90.4 cm³/mol. The lowest BCUT2D eigenvalue weighted by atomic mass is 9.87. The van der Waals surface area contributed by atoms with E-state index in [1.165, 1.54) is 12.5 Å². The van der Waals surface area contributed by atoms with Gasteiger partial charge >= 0.3 is 0 Å². The van der Waals surface area contributed by atoms with Crippen LogP contribution in [0.2, 0.25) is 0 Å². The normalized spacial score (nSPS) is 17.6. The number of amides is 2. The van der Waals surface area contributed by atoms with E-state index in [9.17, 15) is 14.7 Å². The Bertz CT molecular complexity index is 540. The third kappa shape index (κ3) is 5.09. The van der Waals surface area contributed by atoms with Gasteiger partial charge in [-0.2, -0.15) is 0 Å². The monoisotopic (exact) mass is 336 g/mol. The third-order valence-corrected chi connectivity index (χ3v) is 4.35. The first-order valence-corrected chi connectivity index (χ1v) is 8.53. The van der Waals surface area contributed by atoms with Gasteiger partial charge in [0.2, 0.25) is 5.91 Å². The van der Waals surface area contributed by atoms with Gasteiger partial charge in [0, 0.05) is 19.0 Å². The van der Waals surface area contributed by atoms with Crippen molar-refractivity contribution in [3.63, 3.8) is 0 Å². The minimum absolute atomic E-state index is 0.0197. The molecule has 0 saturated carbocycles. The van der Waals surface area contributed by atoms with E-state index in [0.29, 0.717) is 31.5 Å². The molecular formula is C18H28N2O4. The number of hydrogen-bond acceptors (Lipinski definition) is 4. The molecule has 1 aromatic rings. The Morgan fingerprint density at radius 1 is 1.38 bits per heavy atom. The predicted octanol–water partition coefficient (Wildman–Crippen LogP) is 2.05. The van der Waals surface area contributed by atoms with E-state index in [4.69, 9.17) is 4.42 Å². The van der Waals surface area contributed by atoms with E-state index >= 15 is 0 Å². The first-order chi connectivity index (χ1) is 11.3. The first-order valence-electron chi connectivity index (χ1n) is 8.53. The van der Waals surface area contributed by atoms with Gasteiger partial charge in [0.05, 0.1) is 24.5 Å². The fourth-order valence-electron chi connectivity index (χ4n) is 3.13. The van der Waals surface area contributed by atoms with Crippen molar-refractivity contribution in [2.24, 2.45) is 11.3 Å². The van der Waals surface area contributed by atoms with Crippen LogP contribution in [-0.2, 0) is 4.79 Å². The van der Waals surface area contributed by atoms with Gasteiger partial charge in [-0.05, 0) is 30.7 Å². The largest absolute Gasteiger partial charge is 0.472 e. The molecule has 0 aliphatic carbocycles. The molecule has 1 unspecified atom stereocenters. The molecule has 6 heteroatoms. The second-order valence-corrected chi connectivity index (χ2v) is 7.73. The zero-order valence-corrected chi connectivity index (χ0v) is 14.7. The Morgan fingerprint density at radius 2 is 2.04 bits per heavy atom. The minimum atomic E-state index is -0.219. The first kappa shape index (κ1) is 18.5. The van der Waals surface area contributed by atoms with Crippen LogP contribution in [-0.4, -0.2) is 47.6 Å². The Hall–Kier alpha value is -1.82. The van der Waals surface area contributed by atoms with E-state index in [2.05, 4.69) is 26.1 Å². The van der Waals surface area contributed by atoms with Crippen LogP contribution < -0.4 is 5.32 Å². The van der Waals surface area contributed by atoms with Crippen LogP contribution in [0.15, 0.2) is 23.0 Å². The minimum Gasteiger partial charge on any atom is -0.472 e. The van der Waals surface area contributed by atoms with Crippen molar-refractivity contribution in [1.29, 1.82) is 0 Å². The summed E-state index contributed by atoms with van der Waals surface area (Å²) in [6.45, 7) is 7.32. The molecule has 1 fully saturated rings. The van der Waals surface area contributed by atoms with Gasteiger partial charge in [-0.15, -0.1) is 0 Å². The molecule has 134 valence electrons. The highest BCUT2D eigenvalue weighted by Crippen LogP contribution is 2.23. The van der Waals surface area contributed by atoms with Crippen molar-refractivity contribution in [3.05, 3.63) is 24.2 Å². The van der Waals surface area contributed by atoms with Crippen molar-refractivity contribution < 1.29 is 19.1 Å². The summed E-state index contributed by atoms with van der Waals surface area (Å²) in [7, 11) is 0. The van der Waals surface area contributed by atoms with Crippen LogP contribution in [0.25, 0.3) is 0 Å². The van der Waals surface area contributed by atoms with Crippen LogP contribution in [0.3, 0.4) is 0 Å². The molecular weight excluding hydrogens is 308 g/mol. The van der Waals surface area contributed by atoms with Gasteiger partial charge in [-0.25, -0.2) is 0 Å². The Kier molecular flexibility index (Phi) is 6.04. The lowest BCUT2D eigenvalue weighted by Crippen LogP contribution is -2.47. The molecule has 1 aromatic heterocycles. The molecule has 2 N–H and O–H groups in total. The van der Waals surface area contributed by atoms with E-state index in [0.717, 1.165) is 6.42 Å². The van der Waals surface area contributed by atoms with Gasteiger partial charge in [0.1, 0.15) is 6.26 Å². The quantitative estimate of drug-likeness (QED) is 0.862. The number of likely N-dealkylation sites (tertiary alicyclic amines) is 1. The highest BCUT2D eigenvalue weighted by atomic mass is 16.3. The molecule has 1 aliphatic heterocycles. The van der Waals surface area contributed by atoms with Crippen LogP contribution in [0.1, 0.15) is 50.4 Å². The van der Waals surface area contributed by atoms with Crippen LogP contribution >= 0.6 is 0 Å². The molecule has 6 nitrogen and oxygen atoms in total. The zero-order valence-electron chi connectivity index (χ0n) is 14.7. The highest BCUT2D eigenvalue weighted by Gasteiger charge is 2.29. The molecule has 0 spiro atoms. The molecule has 0 bridgehead atoms. The summed E-state index contributed by atoms with van der Waals surface area (Å²) >= 11 is 0. The van der Waals surface area contributed by atoms with E-state index in [1.807, 2.05) is 0 Å². The molecule has 1 atom stereocenters. The van der Waals surface area contributed by atoms with Crippen molar-refractivity contribution in [2.75, 3.05) is 19.7 Å². The number of aliphatic hydroxyl groups is 1. The number of furan rings is 1. The van der Waals surface area contributed by atoms with Crippen LogP contribution in [0.4, 0.5) is 0 Å². The molecule has 2 heterocycles. The maximum Gasteiger partial charge on any atom is 0.257 e. The zero-order chi connectivity index (χ0) is 17.7. The summed E-state index contributed by atoms with van der Waals surface area (Å²) in [5, 5.41) is 12.4. The third-order valence-electron chi connectivity index (χ3n) is 4.35. The van der Waals surface area contributed by atoms with Crippen molar-refractivity contribution >= 4 is 11.8 Å². The number of nitrogens with one attached hydrogen (secondary N) is 1. The maximum absolute atomic E-state index is 12.4. The molecule has 0 radical (unpaired) electrons. The summed E-state index contributed by atoms with van der Waals surface area (Å²) in [5.41, 5.74) is 0.588. The molecule has 1 saturated heterocycles. The second-order valence-electron chi connectivity index (χ2n) is 7.73. The average molecular weight is 336 g/mol. The van der Waals surface area contributed by atoms with E-state index in [-0.39, 0.29) is 35.8 Å². The second kappa shape index (κ2) is 7.83. The fraction of sp³-hybridized carbons (Fsp3) is 0.667. The van der Waals surface area contributed by atoms with Gasteiger partial charge in [0.15, 0.2) is 0 Å². The van der Waals surface area contributed by atoms with Gasteiger partial charge in [-0.3, -0.25) is 9.59 Å². The summed E-state index contributed by atoms with van der Waals surface area (Å²) in [6.07, 6.45) is 4.94. The lowest BCUT2D eigenvalue weighted by Gasteiger charge is -2.32. The number of nitrogens with zero attached hydrogens (tertiary/aromatic N) is 1. The number of piperidine rings is 1. The Morgan fingerprint density at radius 3 is 2.54 bits per heavy atom. The van der Waals surface area contributed by atoms with Crippen LogP contribution in [0, 0.1) is 11.3 Å². The summed E-state index contributed by atoms with van der Waals surface area (Å²) < 4.78 is 4.95. The lowest BCUT2D eigenvalue weighted by molar-refractivity contribution is -0.127. The number of rotatable bonds is 5. The molecule has 2 rings (SSSR count). The van der Waals surface area contributed by atoms with E-state index < -0.39 is 0 Å². The molecule has 0 aromatic carbocycles. The Labute approximate surface area is 143 Å². The smallest absolute Gasteiger partial charge is 0.257 e. The Balaban J connectivity index is 1.83. The average Bonchev–Trinajstić information content (AvgIpc) is 3.06. The standard InChI is InChI=1S/C18H28N2O4/c1-18(2,3)10-15(11-21)19-16(22)13-4-7-20(8-5-13)17(23)14-6-9-24-12-14/h6,9,12-13,15,21H,4-5,7-8,10-11H2,1-3H3,(H,19,22). The number of carbonyl (C=O) groups is 2. The molecule has 2 amide bonds. The topological polar surface area (TPSA) is 82.8 Å². The van der Waals surface area contributed by atoms with Crippen molar-refractivity contribution in [1.82, 2.24) is 10.2 Å². The van der Waals surface area contributed by atoms with E-state index in [1.54, 1.807) is 11.0 Å². The van der Waals surface area contributed by atoms with Gasteiger partial charge in [0.25, 0.3) is 5.91 Å². The molecule has 1 aliphatic rings.